The van der Waals surface area contributed by atoms with Gasteiger partial charge in [-0.05, 0) is 58.8 Å². The van der Waals surface area contributed by atoms with Crippen LogP contribution in [0.25, 0.3) is 0 Å². The molecular formula is C29H56. The molecule has 172 valence electrons. The minimum atomic E-state index is 1.26. The van der Waals surface area contributed by atoms with Crippen LogP contribution in [0.1, 0.15) is 163 Å². The van der Waals surface area contributed by atoms with Crippen molar-refractivity contribution in [3.8, 4) is 0 Å². The first-order valence-corrected chi connectivity index (χ1v) is 13.5. The summed E-state index contributed by atoms with van der Waals surface area (Å²) in [4.78, 5) is 0. The standard InChI is InChI=1S/C29H56/c1-5-7-9-10-11-15-18-22-26-29(4)27-23-20-17-14-12-13-16-19-21-25-28(3)24-8-6-2/h24,26H,5-23,25,27H2,1-4H3. The molecule has 0 aliphatic rings. The first-order chi connectivity index (χ1) is 14.2. The first kappa shape index (κ1) is 28.5. The van der Waals surface area contributed by atoms with Crippen molar-refractivity contribution in [3.63, 3.8) is 0 Å². The Morgan fingerprint density at radius 2 is 0.793 bits per heavy atom. The molecule has 0 aromatic heterocycles. The largest absolute Gasteiger partial charge is 0.0856 e. The van der Waals surface area contributed by atoms with Gasteiger partial charge >= 0.3 is 0 Å². The fraction of sp³-hybridized carbons (Fsp3) is 0.862. The molecule has 0 fully saturated rings. The molecular weight excluding hydrogens is 348 g/mol. The maximum atomic E-state index is 2.52. The van der Waals surface area contributed by atoms with Gasteiger partial charge in [0.05, 0.1) is 0 Å². The van der Waals surface area contributed by atoms with E-state index in [1.807, 2.05) is 0 Å². The molecule has 0 nitrogen and oxygen atoms in total. The van der Waals surface area contributed by atoms with Crippen LogP contribution in [-0.2, 0) is 0 Å². The van der Waals surface area contributed by atoms with Crippen LogP contribution in [0.5, 0.6) is 0 Å². The minimum Gasteiger partial charge on any atom is -0.0856 e. The molecule has 0 radical (unpaired) electrons. The minimum absolute atomic E-state index is 1.26. The number of allylic oxidation sites excluding steroid dienone is 4. The van der Waals surface area contributed by atoms with Crippen molar-refractivity contribution in [2.75, 3.05) is 0 Å². The van der Waals surface area contributed by atoms with E-state index in [1.165, 1.54) is 135 Å². The third kappa shape index (κ3) is 23.6. The molecule has 0 saturated carbocycles. The summed E-state index contributed by atoms with van der Waals surface area (Å²) in [7, 11) is 0. The van der Waals surface area contributed by atoms with E-state index in [0.29, 0.717) is 0 Å². The van der Waals surface area contributed by atoms with Crippen molar-refractivity contribution in [3.05, 3.63) is 23.3 Å². The third-order valence-corrected chi connectivity index (χ3v) is 6.22. The lowest BCUT2D eigenvalue weighted by molar-refractivity contribution is 0.557. The Balaban J connectivity index is 3.30. The van der Waals surface area contributed by atoms with Crippen molar-refractivity contribution in [1.82, 2.24) is 0 Å². The summed E-state index contributed by atoms with van der Waals surface area (Å²) in [6, 6.07) is 0. The molecule has 0 spiro atoms. The van der Waals surface area contributed by atoms with Crippen LogP contribution >= 0.6 is 0 Å². The summed E-state index contributed by atoms with van der Waals surface area (Å²) < 4.78 is 0. The highest BCUT2D eigenvalue weighted by Crippen LogP contribution is 2.16. The van der Waals surface area contributed by atoms with Crippen molar-refractivity contribution in [2.45, 2.75) is 163 Å². The first-order valence-electron chi connectivity index (χ1n) is 13.5. The lowest BCUT2D eigenvalue weighted by Crippen LogP contribution is -1.85. The quantitative estimate of drug-likeness (QED) is 0.124. The molecule has 0 rings (SSSR count). The molecule has 0 N–H and O–H groups in total. The van der Waals surface area contributed by atoms with Gasteiger partial charge in [0.2, 0.25) is 0 Å². The summed E-state index contributed by atoms with van der Waals surface area (Å²) in [5.74, 6) is 0. The lowest BCUT2D eigenvalue weighted by atomic mass is 10.0. The predicted molar refractivity (Wildman–Crippen MR) is 136 cm³/mol. The van der Waals surface area contributed by atoms with Gasteiger partial charge in [-0.1, -0.05) is 127 Å². The maximum Gasteiger partial charge on any atom is -0.0323 e. The second-order valence-electron chi connectivity index (χ2n) is 9.48. The number of hydrogen-bond acceptors (Lipinski definition) is 0. The van der Waals surface area contributed by atoms with Gasteiger partial charge in [0, 0.05) is 0 Å². The molecule has 0 amide bonds. The normalized spacial score (nSPS) is 12.7. The number of rotatable bonds is 22. The van der Waals surface area contributed by atoms with Crippen molar-refractivity contribution >= 4 is 0 Å². The molecule has 0 atom stereocenters. The Morgan fingerprint density at radius 3 is 1.24 bits per heavy atom. The zero-order chi connectivity index (χ0) is 21.4. The van der Waals surface area contributed by atoms with Gasteiger partial charge in [0.25, 0.3) is 0 Å². The Morgan fingerprint density at radius 1 is 0.414 bits per heavy atom. The Hall–Kier alpha value is -0.520. The third-order valence-electron chi connectivity index (χ3n) is 6.22. The molecule has 0 heteroatoms. The van der Waals surface area contributed by atoms with Gasteiger partial charge in [0.15, 0.2) is 0 Å². The fourth-order valence-corrected chi connectivity index (χ4v) is 4.09. The predicted octanol–water partition coefficient (Wildman–Crippen LogP) is 11.1. The molecule has 29 heavy (non-hydrogen) atoms. The summed E-state index contributed by atoms with van der Waals surface area (Å²) >= 11 is 0. The van der Waals surface area contributed by atoms with E-state index in [0.717, 1.165) is 0 Å². The second-order valence-corrected chi connectivity index (χ2v) is 9.48. The summed E-state index contributed by atoms with van der Waals surface area (Å²) in [6.07, 6.45) is 34.4. The van der Waals surface area contributed by atoms with Crippen molar-refractivity contribution in [1.29, 1.82) is 0 Å². The Bertz CT molecular complexity index is 373. The smallest absolute Gasteiger partial charge is 0.0323 e. The Labute approximate surface area is 186 Å². The zero-order valence-corrected chi connectivity index (χ0v) is 21.0. The number of hydrogen-bond donors (Lipinski definition) is 0. The molecule has 0 aromatic carbocycles. The van der Waals surface area contributed by atoms with Crippen LogP contribution < -0.4 is 0 Å². The maximum absolute atomic E-state index is 2.52. The van der Waals surface area contributed by atoms with Crippen LogP contribution in [0.15, 0.2) is 23.3 Å². The Kier molecular flexibility index (Phi) is 23.3. The molecule has 0 unspecified atom stereocenters. The average Bonchev–Trinajstić information content (AvgIpc) is 2.72. The highest BCUT2D eigenvalue weighted by molar-refractivity contribution is 4.98. The van der Waals surface area contributed by atoms with Crippen LogP contribution in [0, 0.1) is 0 Å². The SMILES string of the molecule is CCCC=C(C)CCCCCCCCCCCC(C)=CCCCCCCCCC. The van der Waals surface area contributed by atoms with Crippen molar-refractivity contribution in [2.24, 2.45) is 0 Å². The molecule has 0 aromatic rings. The van der Waals surface area contributed by atoms with Gasteiger partial charge in [0.1, 0.15) is 0 Å². The van der Waals surface area contributed by atoms with E-state index in [-0.39, 0.29) is 0 Å². The highest BCUT2D eigenvalue weighted by Gasteiger charge is 1.96. The van der Waals surface area contributed by atoms with Gasteiger partial charge in [-0.3, -0.25) is 0 Å². The molecule has 0 aliphatic heterocycles. The molecule has 0 bridgehead atoms. The van der Waals surface area contributed by atoms with Crippen LogP contribution in [-0.4, -0.2) is 0 Å². The van der Waals surface area contributed by atoms with Gasteiger partial charge in [-0.15, -0.1) is 0 Å². The second kappa shape index (κ2) is 23.8. The monoisotopic (exact) mass is 404 g/mol. The lowest BCUT2D eigenvalue weighted by Gasteiger charge is -2.04. The van der Waals surface area contributed by atoms with E-state index < -0.39 is 0 Å². The van der Waals surface area contributed by atoms with E-state index in [9.17, 15) is 0 Å². The van der Waals surface area contributed by atoms with E-state index in [1.54, 1.807) is 11.1 Å². The van der Waals surface area contributed by atoms with E-state index in [2.05, 4.69) is 39.8 Å². The highest BCUT2D eigenvalue weighted by atomic mass is 14.0. The summed E-state index contributed by atoms with van der Waals surface area (Å²) in [6.45, 7) is 9.21. The van der Waals surface area contributed by atoms with Gasteiger partial charge in [-0.2, -0.15) is 0 Å². The van der Waals surface area contributed by atoms with E-state index in [4.69, 9.17) is 0 Å². The average molecular weight is 405 g/mol. The van der Waals surface area contributed by atoms with Gasteiger partial charge < -0.3 is 0 Å². The topological polar surface area (TPSA) is 0 Å². The molecule has 0 heterocycles. The van der Waals surface area contributed by atoms with E-state index >= 15 is 0 Å². The van der Waals surface area contributed by atoms with Crippen LogP contribution in [0.4, 0.5) is 0 Å². The van der Waals surface area contributed by atoms with Crippen LogP contribution in [0.3, 0.4) is 0 Å². The van der Waals surface area contributed by atoms with Crippen LogP contribution in [0.2, 0.25) is 0 Å². The summed E-state index contributed by atoms with van der Waals surface area (Å²) in [5.41, 5.74) is 3.25. The molecule has 0 aliphatic carbocycles. The zero-order valence-electron chi connectivity index (χ0n) is 21.0. The number of unbranched alkanes of at least 4 members (excludes halogenated alkanes) is 16. The fourth-order valence-electron chi connectivity index (χ4n) is 4.09. The van der Waals surface area contributed by atoms with Gasteiger partial charge in [-0.25, -0.2) is 0 Å². The van der Waals surface area contributed by atoms with Crippen molar-refractivity contribution < 1.29 is 0 Å². The molecule has 0 saturated heterocycles. The summed E-state index contributed by atoms with van der Waals surface area (Å²) in [5, 5.41) is 0.